The van der Waals surface area contributed by atoms with Crippen molar-refractivity contribution < 1.29 is 14.3 Å². The van der Waals surface area contributed by atoms with Crippen molar-refractivity contribution >= 4 is 5.91 Å². The van der Waals surface area contributed by atoms with Gasteiger partial charge in [0.25, 0.3) is 0 Å². The standard InChI is InChI=1S/C28H26N2O3/c29-17-20-9-11-21(12-10-20)18-32-19-22-13-15-30(16-14-22)28(31)27-23-5-1-3-7-25(23)33-26-8-4-2-6-24(26)27/h1-12,22,27H,13-16,18-19H2. The number of amides is 1. The molecule has 0 aliphatic carbocycles. The Kier molecular flexibility index (Phi) is 6.10. The molecular formula is C28H26N2O3. The lowest BCUT2D eigenvalue weighted by molar-refractivity contribution is -0.133. The summed E-state index contributed by atoms with van der Waals surface area (Å²) in [5.74, 6) is 1.80. The van der Waals surface area contributed by atoms with E-state index in [4.69, 9.17) is 14.7 Å². The van der Waals surface area contributed by atoms with Crippen molar-refractivity contribution in [1.82, 2.24) is 4.90 Å². The second kappa shape index (κ2) is 9.48. The van der Waals surface area contributed by atoms with Crippen molar-refractivity contribution in [2.75, 3.05) is 19.7 Å². The first kappa shape index (κ1) is 21.2. The van der Waals surface area contributed by atoms with Gasteiger partial charge in [0.2, 0.25) is 5.91 Å². The number of nitrogens with zero attached hydrogens (tertiary/aromatic N) is 2. The van der Waals surface area contributed by atoms with Crippen LogP contribution in [0.4, 0.5) is 0 Å². The quantitative estimate of drug-likeness (QED) is 0.546. The van der Waals surface area contributed by atoms with Crippen molar-refractivity contribution in [3.63, 3.8) is 0 Å². The van der Waals surface area contributed by atoms with Gasteiger partial charge in [0.15, 0.2) is 0 Å². The van der Waals surface area contributed by atoms with Crippen LogP contribution in [0.2, 0.25) is 0 Å². The summed E-state index contributed by atoms with van der Waals surface area (Å²) in [5.41, 5.74) is 3.60. The van der Waals surface area contributed by atoms with E-state index in [-0.39, 0.29) is 11.8 Å². The van der Waals surface area contributed by atoms with E-state index < -0.39 is 0 Å². The van der Waals surface area contributed by atoms with Gasteiger partial charge in [-0.1, -0.05) is 48.5 Å². The molecule has 2 aliphatic heterocycles. The van der Waals surface area contributed by atoms with Gasteiger partial charge >= 0.3 is 0 Å². The first-order valence-electron chi connectivity index (χ1n) is 11.4. The lowest BCUT2D eigenvalue weighted by atomic mass is 9.86. The van der Waals surface area contributed by atoms with E-state index in [1.807, 2.05) is 77.7 Å². The maximum absolute atomic E-state index is 13.7. The van der Waals surface area contributed by atoms with Gasteiger partial charge in [-0.05, 0) is 48.6 Å². The Balaban J connectivity index is 1.19. The molecule has 166 valence electrons. The summed E-state index contributed by atoms with van der Waals surface area (Å²) in [5, 5.41) is 8.90. The van der Waals surface area contributed by atoms with E-state index in [1.165, 1.54) is 0 Å². The SMILES string of the molecule is N#Cc1ccc(COCC2CCN(C(=O)C3c4ccccc4Oc4ccccc43)CC2)cc1. The highest BCUT2D eigenvalue weighted by Gasteiger charge is 2.36. The number of hydrogen-bond acceptors (Lipinski definition) is 4. The van der Waals surface area contributed by atoms with Crippen LogP contribution < -0.4 is 4.74 Å². The molecule has 0 unspecified atom stereocenters. The molecule has 0 atom stereocenters. The molecule has 3 aromatic rings. The average Bonchev–Trinajstić information content (AvgIpc) is 2.87. The zero-order chi connectivity index (χ0) is 22.6. The highest BCUT2D eigenvalue weighted by Crippen LogP contribution is 2.44. The van der Waals surface area contributed by atoms with Crippen LogP contribution in [-0.4, -0.2) is 30.5 Å². The van der Waals surface area contributed by atoms with Crippen LogP contribution in [0.5, 0.6) is 11.5 Å². The second-order valence-corrected chi connectivity index (χ2v) is 8.70. The Bertz CT molecular complexity index is 1130. The third-order valence-corrected chi connectivity index (χ3v) is 6.56. The zero-order valence-corrected chi connectivity index (χ0v) is 18.4. The van der Waals surface area contributed by atoms with E-state index in [0.717, 1.165) is 54.1 Å². The number of benzene rings is 3. The van der Waals surface area contributed by atoms with Gasteiger partial charge in [0, 0.05) is 30.8 Å². The van der Waals surface area contributed by atoms with Crippen LogP contribution in [0, 0.1) is 17.2 Å². The van der Waals surface area contributed by atoms with E-state index >= 15 is 0 Å². The number of nitriles is 1. The normalized spacial score (nSPS) is 15.8. The van der Waals surface area contributed by atoms with Gasteiger partial charge in [0.05, 0.1) is 24.2 Å². The minimum absolute atomic E-state index is 0.148. The van der Waals surface area contributed by atoms with Crippen molar-refractivity contribution in [2.45, 2.75) is 25.4 Å². The van der Waals surface area contributed by atoms with Crippen LogP contribution in [0.3, 0.4) is 0 Å². The number of hydrogen-bond donors (Lipinski definition) is 0. The minimum Gasteiger partial charge on any atom is -0.457 e. The predicted octanol–water partition coefficient (Wildman–Crippen LogP) is 5.25. The lowest BCUT2D eigenvalue weighted by Crippen LogP contribution is -2.42. The van der Waals surface area contributed by atoms with Crippen molar-refractivity contribution in [3.05, 3.63) is 95.1 Å². The molecule has 5 nitrogen and oxygen atoms in total. The highest BCUT2D eigenvalue weighted by molar-refractivity contribution is 5.89. The smallest absolute Gasteiger partial charge is 0.234 e. The molecule has 0 N–H and O–H groups in total. The van der Waals surface area contributed by atoms with Crippen LogP contribution in [0.25, 0.3) is 0 Å². The molecule has 0 radical (unpaired) electrons. The van der Waals surface area contributed by atoms with Crippen LogP contribution in [-0.2, 0) is 16.1 Å². The van der Waals surface area contributed by atoms with Crippen LogP contribution >= 0.6 is 0 Å². The monoisotopic (exact) mass is 438 g/mol. The van der Waals surface area contributed by atoms with E-state index in [2.05, 4.69) is 6.07 Å². The second-order valence-electron chi connectivity index (χ2n) is 8.70. The molecule has 0 spiro atoms. The maximum atomic E-state index is 13.7. The van der Waals surface area contributed by atoms with Gasteiger partial charge in [0.1, 0.15) is 11.5 Å². The maximum Gasteiger partial charge on any atom is 0.234 e. The predicted molar refractivity (Wildman–Crippen MR) is 125 cm³/mol. The molecule has 5 rings (SSSR count). The number of rotatable bonds is 5. The lowest BCUT2D eigenvalue weighted by Gasteiger charge is -2.36. The van der Waals surface area contributed by atoms with Crippen molar-refractivity contribution in [2.24, 2.45) is 5.92 Å². The van der Waals surface area contributed by atoms with Crippen molar-refractivity contribution in [3.8, 4) is 17.6 Å². The molecule has 2 heterocycles. The summed E-state index contributed by atoms with van der Waals surface area (Å²) in [7, 11) is 0. The van der Waals surface area contributed by atoms with Gasteiger partial charge in [-0.2, -0.15) is 5.26 Å². The first-order valence-corrected chi connectivity index (χ1v) is 11.4. The summed E-state index contributed by atoms with van der Waals surface area (Å²) < 4.78 is 12.0. The molecule has 1 saturated heterocycles. The van der Waals surface area contributed by atoms with E-state index in [0.29, 0.717) is 24.7 Å². The third-order valence-electron chi connectivity index (χ3n) is 6.56. The molecule has 5 heteroatoms. The number of para-hydroxylation sites is 2. The molecule has 0 saturated carbocycles. The van der Waals surface area contributed by atoms with Gasteiger partial charge in [-0.3, -0.25) is 4.79 Å². The topological polar surface area (TPSA) is 62.6 Å². The van der Waals surface area contributed by atoms with Crippen molar-refractivity contribution in [1.29, 1.82) is 5.26 Å². The molecule has 1 fully saturated rings. The summed E-state index contributed by atoms with van der Waals surface area (Å²) in [4.78, 5) is 15.7. The number of carbonyl (C=O) groups excluding carboxylic acids is 1. The molecule has 33 heavy (non-hydrogen) atoms. The Morgan fingerprint density at radius 1 is 0.939 bits per heavy atom. The number of likely N-dealkylation sites (tertiary alicyclic amines) is 1. The van der Waals surface area contributed by atoms with Crippen LogP contribution in [0.1, 0.15) is 41.0 Å². The molecule has 0 aromatic heterocycles. The summed E-state index contributed by atoms with van der Waals surface area (Å²) in [6.07, 6.45) is 1.87. The Hall–Kier alpha value is -3.62. The fourth-order valence-corrected chi connectivity index (χ4v) is 4.70. The fourth-order valence-electron chi connectivity index (χ4n) is 4.70. The molecular weight excluding hydrogens is 412 g/mol. The number of fused-ring (bicyclic) bond motifs is 2. The average molecular weight is 439 g/mol. The molecule has 0 bridgehead atoms. The minimum atomic E-state index is -0.324. The molecule has 2 aliphatic rings. The number of carbonyl (C=O) groups is 1. The zero-order valence-electron chi connectivity index (χ0n) is 18.4. The Morgan fingerprint density at radius 2 is 1.55 bits per heavy atom. The van der Waals surface area contributed by atoms with Gasteiger partial charge < -0.3 is 14.4 Å². The summed E-state index contributed by atoms with van der Waals surface area (Å²) in [6, 6.07) is 25.3. The first-order chi connectivity index (χ1) is 16.2. The Morgan fingerprint density at radius 3 is 2.15 bits per heavy atom. The van der Waals surface area contributed by atoms with Gasteiger partial charge in [-0.15, -0.1) is 0 Å². The summed E-state index contributed by atoms with van der Waals surface area (Å²) in [6.45, 7) is 2.71. The fraction of sp³-hybridized carbons (Fsp3) is 0.286. The molecule has 1 amide bonds. The summed E-state index contributed by atoms with van der Waals surface area (Å²) >= 11 is 0. The Labute approximate surface area is 194 Å². The van der Waals surface area contributed by atoms with Crippen LogP contribution in [0.15, 0.2) is 72.8 Å². The highest BCUT2D eigenvalue weighted by atomic mass is 16.5. The van der Waals surface area contributed by atoms with E-state index in [1.54, 1.807) is 0 Å². The largest absolute Gasteiger partial charge is 0.457 e. The van der Waals surface area contributed by atoms with Gasteiger partial charge in [-0.25, -0.2) is 0 Å². The third kappa shape index (κ3) is 4.48. The number of ether oxygens (including phenoxy) is 2. The molecule has 3 aromatic carbocycles. The number of piperidine rings is 1. The van der Waals surface area contributed by atoms with E-state index in [9.17, 15) is 4.79 Å².